The summed E-state index contributed by atoms with van der Waals surface area (Å²) in [6.45, 7) is 1.29. The zero-order valence-corrected chi connectivity index (χ0v) is 21.2. The van der Waals surface area contributed by atoms with Gasteiger partial charge in [0.2, 0.25) is 29.5 Å². The Morgan fingerprint density at radius 1 is 0.897 bits per heavy atom. The minimum absolute atomic E-state index is 0.0740. The van der Waals surface area contributed by atoms with Crippen LogP contribution in [0.1, 0.15) is 31.7 Å². The van der Waals surface area contributed by atoms with E-state index in [9.17, 15) is 39.0 Å². The van der Waals surface area contributed by atoms with Gasteiger partial charge in [-0.2, -0.15) is 0 Å². The number of H-pyrrole nitrogens is 1. The van der Waals surface area contributed by atoms with Gasteiger partial charge in [0.25, 0.3) is 0 Å². The Morgan fingerprint density at radius 2 is 1.49 bits per heavy atom. The molecule has 12 N–H and O–H groups in total. The van der Waals surface area contributed by atoms with Crippen LogP contribution in [0.5, 0.6) is 0 Å². The van der Waals surface area contributed by atoms with Crippen molar-refractivity contribution in [2.45, 2.75) is 62.9 Å². The highest BCUT2D eigenvalue weighted by molar-refractivity contribution is 5.96. The van der Waals surface area contributed by atoms with E-state index in [1.165, 1.54) is 6.92 Å². The van der Waals surface area contributed by atoms with E-state index in [1.54, 1.807) is 30.5 Å². The number of benzene rings is 1. The summed E-state index contributed by atoms with van der Waals surface area (Å²) < 4.78 is 0. The number of carbonyl (C=O) groups is 6. The number of hydrogen-bond acceptors (Lipinski definition) is 8. The predicted molar refractivity (Wildman–Crippen MR) is 137 cm³/mol. The van der Waals surface area contributed by atoms with Gasteiger partial charge in [0.05, 0.1) is 12.5 Å². The van der Waals surface area contributed by atoms with Crippen LogP contribution in [-0.2, 0) is 35.2 Å². The molecule has 1 aromatic carbocycles. The second kappa shape index (κ2) is 13.9. The Bertz CT molecular complexity index is 1230. The highest BCUT2D eigenvalue weighted by Crippen LogP contribution is 2.19. The van der Waals surface area contributed by atoms with Gasteiger partial charge < -0.3 is 48.3 Å². The van der Waals surface area contributed by atoms with Gasteiger partial charge >= 0.3 is 5.97 Å². The SMILES string of the molecule is CC(O)C(N)C(=O)NC(Cc1c[nH]c2ccccc12)C(=O)NC(CC(N)=O)C(=O)NC(CCC(N)=O)C(=O)O. The molecule has 0 radical (unpaired) electrons. The van der Waals surface area contributed by atoms with Crippen LogP contribution in [0.25, 0.3) is 10.9 Å². The number of aliphatic hydroxyl groups excluding tert-OH is 1. The third-order valence-corrected chi connectivity index (χ3v) is 5.89. The molecule has 0 fully saturated rings. The molecule has 5 amide bonds. The molecule has 2 aromatic rings. The smallest absolute Gasteiger partial charge is 0.326 e. The summed E-state index contributed by atoms with van der Waals surface area (Å²) >= 11 is 0. The van der Waals surface area contributed by atoms with E-state index >= 15 is 0 Å². The lowest BCUT2D eigenvalue weighted by Gasteiger charge is -2.25. The molecule has 5 unspecified atom stereocenters. The number of para-hydroxylation sites is 1. The zero-order chi connectivity index (χ0) is 29.3. The molecule has 1 aromatic heterocycles. The van der Waals surface area contributed by atoms with Crippen molar-refractivity contribution in [1.29, 1.82) is 0 Å². The average molecular weight is 548 g/mol. The molecule has 212 valence electrons. The van der Waals surface area contributed by atoms with Gasteiger partial charge in [0.15, 0.2) is 0 Å². The van der Waals surface area contributed by atoms with Crippen molar-refractivity contribution in [1.82, 2.24) is 20.9 Å². The molecule has 5 atom stereocenters. The number of aliphatic carboxylic acids is 1. The summed E-state index contributed by atoms with van der Waals surface area (Å²) in [5.74, 6) is -6.05. The fourth-order valence-corrected chi connectivity index (χ4v) is 3.72. The Morgan fingerprint density at radius 3 is 2.08 bits per heavy atom. The summed E-state index contributed by atoms with van der Waals surface area (Å²) in [6.07, 6.45) is -1.04. The highest BCUT2D eigenvalue weighted by Gasteiger charge is 2.32. The van der Waals surface area contributed by atoms with E-state index in [1.807, 2.05) is 0 Å². The third-order valence-electron chi connectivity index (χ3n) is 5.89. The molecule has 39 heavy (non-hydrogen) atoms. The lowest BCUT2D eigenvalue weighted by molar-refractivity contribution is -0.142. The third kappa shape index (κ3) is 9.08. The van der Waals surface area contributed by atoms with Crippen molar-refractivity contribution in [3.8, 4) is 0 Å². The predicted octanol–water partition coefficient (Wildman–Crippen LogP) is -2.90. The molecule has 0 spiro atoms. The minimum atomic E-state index is -1.61. The number of aliphatic hydroxyl groups is 1. The lowest BCUT2D eigenvalue weighted by atomic mass is 10.0. The number of carbonyl (C=O) groups excluding carboxylic acids is 5. The molecule has 0 aliphatic heterocycles. The van der Waals surface area contributed by atoms with Gasteiger partial charge in [-0.1, -0.05) is 18.2 Å². The van der Waals surface area contributed by atoms with Crippen LogP contribution >= 0.6 is 0 Å². The molecule has 15 heteroatoms. The summed E-state index contributed by atoms with van der Waals surface area (Å²) in [5, 5.41) is 26.7. The Labute approximate surface area is 222 Å². The van der Waals surface area contributed by atoms with Crippen molar-refractivity contribution in [2.24, 2.45) is 17.2 Å². The van der Waals surface area contributed by atoms with Gasteiger partial charge in [-0.3, -0.25) is 24.0 Å². The first kappa shape index (κ1) is 30.7. The van der Waals surface area contributed by atoms with Crippen molar-refractivity contribution >= 4 is 46.4 Å². The van der Waals surface area contributed by atoms with Crippen LogP contribution < -0.4 is 33.2 Å². The molecule has 0 saturated carbocycles. The number of carboxylic acid groups (broad SMARTS) is 1. The first-order valence-corrected chi connectivity index (χ1v) is 12.0. The summed E-state index contributed by atoms with van der Waals surface area (Å²) in [5.41, 5.74) is 17.4. The maximum absolute atomic E-state index is 13.3. The first-order chi connectivity index (χ1) is 18.3. The monoisotopic (exact) mass is 547 g/mol. The van der Waals surface area contributed by atoms with Crippen LogP contribution in [0.15, 0.2) is 30.5 Å². The molecule has 0 saturated heterocycles. The van der Waals surface area contributed by atoms with E-state index in [0.717, 1.165) is 10.9 Å². The second-order valence-corrected chi connectivity index (χ2v) is 9.03. The number of rotatable bonds is 15. The number of hydrogen-bond donors (Lipinski definition) is 9. The highest BCUT2D eigenvalue weighted by atomic mass is 16.4. The van der Waals surface area contributed by atoms with Crippen LogP contribution in [0.3, 0.4) is 0 Å². The number of aromatic nitrogens is 1. The minimum Gasteiger partial charge on any atom is -0.480 e. The van der Waals surface area contributed by atoms with Crippen molar-refractivity contribution in [3.05, 3.63) is 36.0 Å². The molecule has 0 bridgehead atoms. The standard InChI is InChI=1S/C24H33N7O8/c1-11(32)20(27)23(37)31-16(8-12-10-28-14-5-3-2-4-13(12)14)21(35)30-17(9-19(26)34)22(36)29-15(24(38)39)6-7-18(25)33/h2-5,10-11,15-17,20,28,32H,6-9,27H2,1H3,(H2,25,33)(H2,26,34)(H,29,36)(H,30,35)(H,31,37)(H,38,39). The Balaban J connectivity index is 2.30. The molecular formula is C24H33N7O8. The van der Waals surface area contributed by atoms with Crippen LogP contribution in [0.4, 0.5) is 0 Å². The fraction of sp³-hybridized carbons (Fsp3) is 0.417. The lowest BCUT2D eigenvalue weighted by Crippen LogP contribution is -2.59. The maximum atomic E-state index is 13.3. The van der Waals surface area contributed by atoms with Gasteiger partial charge in [0, 0.05) is 29.9 Å². The topological polar surface area (TPSA) is 273 Å². The number of primary amides is 2. The normalized spacial score (nSPS) is 14.8. The van der Waals surface area contributed by atoms with Gasteiger partial charge in [-0.15, -0.1) is 0 Å². The van der Waals surface area contributed by atoms with E-state index in [2.05, 4.69) is 20.9 Å². The van der Waals surface area contributed by atoms with Crippen molar-refractivity contribution in [2.75, 3.05) is 0 Å². The molecule has 0 aliphatic carbocycles. The maximum Gasteiger partial charge on any atom is 0.326 e. The largest absolute Gasteiger partial charge is 0.480 e. The van der Waals surface area contributed by atoms with E-state index < -0.39 is 72.2 Å². The van der Waals surface area contributed by atoms with E-state index in [-0.39, 0.29) is 19.3 Å². The quantitative estimate of drug-likeness (QED) is 0.110. The molecule has 0 aliphatic rings. The van der Waals surface area contributed by atoms with Crippen molar-refractivity contribution in [3.63, 3.8) is 0 Å². The second-order valence-electron chi connectivity index (χ2n) is 9.03. The number of amides is 5. The summed E-state index contributed by atoms with van der Waals surface area (Å²) in [4.78, 5) is 76.0. The molecular weight excluding hydrogens is 514 g/mol. The van der Waals surface area contributed by atoms with Crippen LogP contribution in [0, 0.1) is 0 Å². The number of nitrogens with two attached hydrogens (primary N) is 3. The summed E-state index contributed by atoms with van der Waals surface area (Å²) in [7, 11) is 0. The average Bonchev–Trinajstić information content (AvgIpc) is 3.27. The molecule has 2 rings (SSSR count). The van der Waals surface area contributed by atoms with E-state index in [0.29, 0.717) is 5.56 Å². The number of fused-ring (bicyclic) bond motifs is 1. The first-order valence-electron chi connectivity index (χ1n) is 12.0. The molecule has 1 heterocycles. The van der Waals surface area contributed by atoms with E-state index in [4.69, 9.17) is 17.2 Å². The Hall–Kier alpha value is -4.50. The number of nitrogens with one attached hydrogen (secondary N) is 4. The van der Waals surface area contributed by atoms with Crippen LogP contribution in [0.2, 0.25) is 0 Å². The number of carboxylic acids is 1. The molecule has 15 nitrogen and oxygen atoms in total. The van der Waals surface area contributed by atoms with Gasteiger partial charge in [-0.25, -0.2) is 4.79 Å². The van der Waals surface area contributed by atoms with Crippen LogP contribution in [-0.4, -0.2) is 81.0 Å². The zero-order valence-electron chi connectivity index (χ0n) is 21.2. The van der Waals surface area contributed by atoms with Gasteiger partial charge in [0.1, 0.15) is 24.2 Å². The van der Waals surface area contributed by atoms with Crippen molar-refractivity contribution < 1.29 is 39.0 Å². The summed E-state index contributed by atoms with van der Waals surface area (Å²) in [6, 6.07) is 1.34. The van der Waals surface area contributed by atoms with Gasteiger partial charge in [-0.05, 0) is 25.0 Å². The Kier molecular flexibility index (Phi) is 10.9. The number of aromatic amines is 1. The fourth-order valence-electron chi connectivity index (χ4n) is 3.72.